The van der Waals surface area contributed by atoms with Gasteiger partial charge in [-0.3, -0.25) is 0 Å². The lowest BCUT2D eigenvalue weighted by molar-refractivity contribution is 0.0438. The van der Waals surface area contributed by atoms with E-state index < -0.39 is 12.2 Å². The summed E-state index contributed by atoms with van der Waals surface area (Å²) in [5.74, 6) is 0.106. The number of aliphatic hydroxyl groups excluding tert-OH is 3. The molecule has 0 heterocycles. The highest BCUT2D eigenvalue weighted by molar-refractivity contribution is 4.81. The Morgan fingerprint density at radius 2 is 1.56 bits per heavy atom. The number of hydrogen-bond donors (Lipinski definition) is 3. The molecule has 3 heteroatoms. The minimum Gasteiger partial charge on any atom is -0.396 e. The van der Waals surface area contributed by atoms with Gasteiger partial charge in [0.25, 0.3) is 0 Å². The van der Waals surface area contributed by atoms with Crippen LogP contribution in [0.3, 0.4) is 0 Å². The molecule has 0 aliphatic heterocycles. The largest absolute Gasteiger partial charge is 0.396 e. The molecule has 0 amide bonds. The monoisotopic (exact) mass is 132 g/mol. The van der Waals surface area contributed by atoms with Gasteiger partial charge in [-0.25, -0.2) is 0 Å². The zero-order chi connectivity index (χ0) is 6.85. The van der Waals surface area contributed by atoms with E-state index in [4.69, 9.17) is 15.3 Å². The molecule has 0 spiro atoms. The summed E-state index contributed by atoms with van der Waals surface area (Å²) in [5, 5.41) is 26.5. The summed E-state index contributed by atoms with van der Waals surface area (Å²) < 4.78 is 0. The summed E-state index contributed by atoms with van der Waals surface area (Å²) in [6, 6.07) is 0. The van der Waals surface area contributed by atoms with E-state index >= 15 is 0 Å². The molecule has 0 bridgehead atoms. The van der Waals surface area contributed by atoms with Crippen LogP contribution in [0.15, 0.2) is 0 Å². The smallest absolute Gasteiger partial charge is 0.0802 e. The molecule has 9 heavy (non-hydrogen) atoms. The molecule has 2 atom stereocenters. The first-order valence-electron chi connectivity index (χ1n) is 3.21. The fourth-order valence-corrected chi connectivity index (χ4v) is 1.24. The molecule has 0 radical (unpaired) electrons. The molecule has 3 nitrogen and oxygen atoms in total. The summed E-state index contributed by atoms with van der Waals surface area (Å²) >= 11 is 0. The molecule has 1 saturated carbocycles. The van der Waals surface area contributed by atoms with Crippen molar-refractivity contribution in [2.24, 2.45) is 5.92 Å². The average molecular weight is 132 g/mol. The highest BCUT2D eigenvalue weighted by Crippen LogP contribution is 2.24. The Morgan fingerprint density at radius 1 is 1.11 bits per heavy atom. The van der Waals surface area contributed by atoms with Crippen LogP contribution in [0.1, 0.15) is 12.8 Å². The van der Waals surface area contributed by atoms with Gasteiger partial charge in [0.15, 0.2) is 0 Å². The Morgan fingerprint density at radius 3 is 1.78 bits per heavy atom. The molecular weight excluding hydrogens is 120 g/mol. The topological polar surface area (TPSA) is 60.7 Å². The zero-order valence-corrected chi connectivity index (χ0v) is 5.20. The lowest BCUT2D eigenvalue weighted by Crippen LogP contribution is -2.17. The van der Waals surface area contributed by atoms with Crippen molar-refractivity contribution in [1.29, 1.82) is 0 Å². The predicted octanol–water partition coefficient (Wildman–Crippen LogP) is -0.890. The van der Waals surface area contributed by atoms with E-state index in [-0.39, 0.29) is 12.5 Å². The van der Waals surface area contributed by atoms with Crippen LogP contribution in [0.5, 0.6) is 0 Å². The van der Waals surface area contributed by atoms with Crippen molar-refractivity contribution in [3.8, 4) is 0 Å². The quantitative estimate of drug-likeness (QED) is 0.434. The molecule has 1 rings (SSSR count). The Hall–Kier alpha value is -0.120. The van der Waals surface area contributed by atoms with Crippen molar-refractivity contribution in [1.82, 2.24) is 0 Å². The second-order valence-electron chi connectivity index (χ2n) is 2.65. The molecule has 54 valence electrons. The van der Waals surface area contributed by atoms with E-state index in [0.717, 1.165) is 0 Å². The van der Waals surface area contributed by atoms with Gasteiger partial charge in [0, 0.05) is 6.61 Å². The first kappa shape index (κ1) is 6.99. The van der Waals surface area contributed by atoms with Crippen LogP contribution < -0.4 is 0 Å². The maximum absolute atomic E-state index is 8.94. The second kappa shape index (κ2) is 2.64. The van der Waals surface area contributed by atoms with Gasteiger partial charge < -0.3 is 15.3 Å². The minimum absolute atomic E-state index is 0.0775. The van der Waals surface area contributed by atoms with Crippen molar-refractivity contribution < 1.29 is 15.3 Å². The van der Waals surface area contributed by atoms with Gasteiger partial charge >= 0.3 is 0 Å². The van der Waals surface area contributed by atoms with E-state index in [2.05, 4.69) is 0 Å². The van der Waals surface area contributed by atoms with E-state index in [1.165, 1.54) is 0 Å². The summed E-state index contributed by atoms with van der Waals surface area (Å²) in [5.41, 5.74) is 0. The van der Waals surface area contributed by atoms with Gasteiger partial charge in [-0.2, -0.15) is 0 Å². The van der Waals surface area contributed by atoms with E-state index in [9.17, 15) is 0 Å². The lowest BCUT2D eigenvalue weighted by Gasteiger charge is -2.03. The minimum atomic E-state index is -0.609. The molecule has 0 aromatic carbocycles. The molecule has 3 N–H and O–H groups in total. The molecule has 1 fully saturated rings. The van der Waals surface area contributed by atoms with Crippen molar-refractivity contribution in [3.63, 3.8) is 0 Å². The van der Waals surface area contributed by atoms with E-state index in [1.807, 2.05) is 0 Å². The molecule has 1 aliphatic rings. The highest BCUT2D eigenvalue weighted by Gasteiger charge is 2.30. The standard InChI is InChI=1S/C6H12O3/c7-3-4-1-5(8)6(9)2-4/h4-9H,1-3H2. The number of aliphatic hydroxyl groups is 3. The van der Waals surface area contributed by atoms with Crippen LogP contribution in [0.25, 0.3) is 0 Å². The summed E-state index contributed by atoms with van der Waals surface area (Å²) in [6.45, 7) is 0.0775. The van der Waals surface area contributed by atoms with Crippen molar-refractivity contribution in [3.05, 3.63) is 0 Å². The van der Waals surface area contributed by atoms with Gasteiger partial charge in [-0.15, -0.1) is 0 Å². The first-order valence-corrected chi connectivity index (χ1v) is 3.21. The van der Waals surface area contributed by atoms with Gasteiger partial charge in [0.05, 0.1) is 12.2 Å². The zero-order valence-electron chi connectivity index (χ0n) is 5.20. The van der Waals surface area contributed by atoms with Crippen LogP contribution in [-0.4, -0.2) is 34.1 Å². The SMILES string of the molecule is OCC1CC(O)C(O)C1. The van der Waals surface area contributed by atoms with Crippen LogP contribution in [0.4, 0.5) is 0 Å². The van der Waals surface area contributed by atoms with Crippen molar-refractivity contribution in [2.45, 2.75) is 25.0 Å². The Balaban J connectivity index is 2.35. The maximum atomic E-state index is 8.94. The van der Waals surface area contributed by atoms with Gasteiger partial charge in [-0.1, -0.05) is 0 Å². The van der Waals surface area contributed by atoms with Crippen LogP contribution in [0.2, 0.25) is 0 Å². The van der Waals surface area contributed by atoms with Crippen LogP contribution in [-0.2, 0) is 0 Å². The average Bonchev–Trinajstić information content (AvgIpc) is 2.13. The van der Waals surface area contributed by atoms with Gasteiger partial charge in [0.2, 0.25) is 0 Å². The van der Waals surface area contributed by atoms with E-state index in [1.54, 1.807) is 0 Å². The van der Waals surface area contributed by atoms with Crippen molar-refractivity contribution in [2.75, 3.05) is 6.61 Å². The molecule has 1 aliphatic carbocycles. The Kier molecular flexibility index (Phi) is 2.05. The lowest BCUT2D eigenvalue weighted by atomic mass is 10.1. The predicted molar refractivity (Wildman–Crippen MR) is 31.8 cm³/mol. The summed E-state index contributed by atoms with van der Waals surface area (Å²) in [4.78, 5) is 0. The summed E-state index contributed by atoms with van der Waals surface area (Å²) in [7, 11) is 0. The van der Waals surface area contributed by atoms with Gasteiger partial charge in [-0.05, 0) is 18.8 Å². The number of rotatable bonds is 1. The first-order chi connectivity index (χ1) is 4.24. The Bertz CT molecular complexity index is 84.3. The Labute approximate surface area is 53.9 Å². The maximum Gasteiger partial charge on any atom is 0.0802 e. The van der Waals surface area contributed by atoms with Crippen molar-refractivity contribution >= 4 is 0 Å². The second-order valence-corrected chi connectivity index (χ2v) is 2.65. The molecule has 0 aromatic rings. The molecule has 2 unspecified atom stereocenters. The third kappa shape index (κ3) is 1.41. The third-order valence-electron chi connectivity index (χ3n) is 1.85. The third-order valence-corrected chi connectivity index (χ3v) is 1.85. The fourth-order valence-electron chi connectivity index (χ4n) is 1.24. The fraction of sp³-hybridized carbons (Fsp3) is 1.00. The summed E-state index contributed by atoms with van der Waals surface area (Å²) in [6.07, 6.45) is -0.140. The molecule has 0 aromatic heterocycles. The van der Waals surface area contributed by atoms with E-state index in [0.29, 0.717) is 12.8 Å². The van der Waals surface area contributed by atoms with Gasteiger partial charge in [0.1, 0.15) is 0 Å². The number of hydrogen-bond acceptors (Lipinski definition) is 3. The molecule has 0 saturated heterocycles. The molecular formula is C6H12O3. The van der Waals surface area contributed by atoms with Crippen LogP contribution in [0, 0.1) is 5.92 Å². The normalized spacial score (nSPS) is 43.7. The van der Waals surface area contributed by atoms with Crippen LogP contribution >= 0.6 is 0 Å². The highest BCUT2D eigenvalue weighted by atomic mass is 16.3.